The van der Waals surface area contributed by atoms with Gasteiger partial charge in [0.1, 0.15) is 0 Å². The first-order valence-corrected chi connectivity index (χ1v) is 7.30. The minimum Gasteiger partial charge on any atom is -0.382 e. The predicted octanol–water partition coefficient (Wildman–Crippen LogP) is 1.96. The lowest BCUT2D eigenvalue weighted by Crippen LogP contribution is -2.28. The van der Waals surface area contributed by atoms with Crippen molar-refractivity contribution in [3.05, 3.63) is 29.8 Å². The van der Waals surface area contributed by atoms with Gasteiger partial charge < -0.3 is 14.8 Å². The summed E-state index contributed by atoms with van der Waals surface area (Å²) >= 11 is 1.98. The van der Waals surface area contributed by atoms with E-state index < -0.39 is 0 Å². The van der Waals surface area contributed by atoms with Crippen LogP contribution in [0.25, 0.3) is 0 Å². The van der Waals surface area contributed by atoms with E-state index in [-0.39, 0.29) is 0 Å². The van der Waals surface area contributed by atoms with E-state index in [4.69, 9.17) is 9.47 Å². The molecule has 4 heteroatoms. The highest BCUT2D eigenvalue weighted by molar-refractivity contribution is 8.00. The van der Waals surface area contributed by atoms with Crippen LogP contribution in [-0.4, -0.2) is 45.3 Å². The van der Waals surface area contributed by atoms with Gasteiger partial charge in [0.15, 0.2) is 0 Å². The van der Waals surface area contributed by atoms with Crippen LogP contribution in [0.2, 0.25) is 0 Å². The number of hydrogen-bond donors (Lipinski definition) is 1. The van der Waals surface area contributed by atoms with E-state index in [1.807, 2.05) is 11.8 Å². The Morgan fingerprint density at radius 3 is 3.00 bits per heavy atom. The molecule has 0 aliphatic carbocycles. The third kappa shape index (κ3) is 4.28. The van der Waals surface area contributed by atoms with Crippen LogP contribution in [0.4, 0.5) is 0 Å². The lowest BCUT2D eigenvalue weighted by Gasteiger charge is -2.10. The van der Waals surface area contributed by atoms with E-state index in [0.29, 0.717) is 18.5 Å². The molecule has 1 heterocycles. The number of hydrogen-bond acceptors (Lipinski definition) is 4. The van der Waals surface area contributed by atoms with Crippen LogP contribution >= 0.6 is 11.8 Å². The third-order valence-electron chi connectivity index (χ3n) is 2.94. The summed E-state index contributed by atoms with van der Waals surface area (Å²) in [5.41, 5.74) is 1.49. The largest absolute Gasteiger partial charge is 0.382 e. The fraction of sp³-hybridized carbons (Fsp3) is 0.571. The maximum atomic E-state index is 5.41. The molecule has 0 saturated heterocycles. The summed E-state index contributed by atoms with van der Waals surface area (Å²) in [5.74, 6) is 0. The first-order chi connectivity index (χ1) is 8.90. The van der Waals surface area contributed by atoms with Crippen molar-refractivity contribution >= 4 is 11.8 Å². The lowest BCUT2D eigenvalue weighted by molar-refractivity contribution is 0.0721. The first kappa shape index (κ1) is 13.9. The maximum absolute atomic E-state index is 5.41. The van der Waals surface area contributed by atoms with Crippen LogP contribution in [0.15, 0.2) is 29.2 Å². The molecule has 1 aromatic carbocycles. The Labute approximate surface area is 113 Å². The summed E-state index contributed by atoms with van der Waals surface area (Å²) in [4.78, 5) is 1.45. The quantitative estimate of drug-likeness (QED) is 0.729. The van der Waals surface area contributed by atoms with Gasteiger partial charge in [0, 0.05) is 30.3 Å². The zero-order chi connectivity index (χ0) is 12.6. The minimum absolute atomic E-state index is 0.668. The van der Waals surface area contributed by atoms with Gasteiger partial charge in [0.2, 0.25) is 0 Å². The minimum atomic E-state index is 0.668. The smallest absolute Gasteiger partial charge is 0.0700 e. The molecule has 0 saturated carbocycles. The van der Waals surface area contributed by atoms with Crippen LogP contribution in [0.1, 0.15) is 5.56 Å². The number of nitrogens with one attached hydrogen (secondary N) is 1. The van der Waals surface area contributed by atoms with Crippen LogP contribution in [0.3, 0.4) is 0 Å². The Bertz CT molecular complexity index is 334. The maximum Gasteiger partial charge on any atom is 0.0700 e. The van der Waals surface area contributed by atoms with E-state index in [9.17, 15) is 0 Å². The van der Waals surface area contributed by atoms with E-state index in [0.717, 1.165) is 19.7 Å². The number of fused-ring (bicyclic) bond motifs is 1. The summed E-state index contributed by atoms with van der Waals surface area (Å²) in [5, 5.41) is 4.12. The molecular formula is C14H21NO2S. The second-order valence-corrected chi connectivity index (χ2v) is 5.70. The van der Waals surface area contributed by atoms with E-state index >= 15 is 0 Å². The van der Waals surface area contributed by atoms with Gasteiger partial charge >= 0.3 is 0 Å². The highest BCUT2D eigenvalue weighted by Crippen LogP contribution is 2.36. The molecule has 1 unspecified atom stereocenters. The molecule has 0 spiro atoms. The highest BCUT2D eigenvalue weighted by atomic mass is 32.2. The van der Waals surface area contributed by atoms with Crippen molar-refractivity contribution < 1.29 is 9.47 Å². The Morgan fingerprint density at radius 1 is 1.28 bits per heavy atom. The van der Waals surface area contributed by atoms with Crippen molar-refractivity contribution in [2.75, 3.05) is 40.0 Å². The molecule has 3 nitrogen and oxygen atoms in total. The van der Waals surface area contributed by atoms with Gasteiger partial charge in [-0.25, -0.2) is 0 Å². The second kappa shape index (κ2) is 7.79. The van der Waals surface area contributed by atoms with Crippen LogP contribution in [0.5, 0.6) is 0 Å². The standard InChI is InChI=1S/C14H21NO2S/c1-16-8-9-17-7-6-15-11-13-10-12-4-2-3-5-14(12)18-13/h2-5,13,15H,6-11H2,1H3. The first-order valence-electron chi connectivity index (χ1n) is 6.42. The topological polar surface area (TPSA) is 30.5 Å². The molecule has 1 aromatic rings. The molecule has 18 heavy (non-hydrogen) atoms. The van der Waals surface area contributed by atoms with Gasteiger partial charge in [-0.05, 0) is 18.1 Å². The molecule has 0 fully saturated rings. The summed E-state index contributed by atoms with van der Waals surface area (Å²) in [6, 6.07) is 8.69. The van der Waals surface area contributed by atoms with Crippen molar-refractivity contribution in [2.45, 2.75) is 16.6 Å². The Balaban J connectivity index is 1.54. The molecule has 1 aliphatic rings. The number of methoxy groups -OCH3 is 1. The van der Waals surface area contributed by atoms with E-state index in [2.05, 4.69) is 29.6 Å². The monoisotopic (exact) mass is 267 g/mol. The average molecular weight is 267 g/mol. The Hall–Kier alpha value is -0.550. The van der Waals surface area contributed by atoms with Crippen molar-refractivity contribution in [3.8, 4) is 0 Å². The molecule has 1 N–H and O–H groups in total. The lowest BCUT2D eigenvalue weighted by atomic mass is 10.1. The molecule has 100 valence electrons. The van der Waals surface area contributed by atoms with E-state index in [1.165, 1.54) is 16.9 Å². The van der Waals surface area contributed by atoms with Crippen LogP contribution in [-0.2, 0) is 15.9 Å². The van der Waals surface area contributed by atoms with Crippen molar-refractivity contribution in [3.63, 3.8) is 0 Å². The van der Waals surface area contributed by atoms with Gasteiger partial charge in [0.05, 0.1) is 19.8 Å². The summed E-state index contributed by atoms with van der Waals surface area (Å²) in [7, 11) is 1.69. The van der Waals surface area contributed by atoms with Gasteiger partial charge in [-0.15, -0.1) is 11.8 Å². The van der Waals surface area contributed by atoms with Crippen LogP contribution < -0.4 is 5.32 Å². The van der Waals surface area contributed by atoms with Gasteiger partial charge in [-0.3, -0.25) is 0 Å². The summed E-state index contributed by atoms with van der Waals surface area (Å²) in [6.45, 7) is 4.08. The Kier molecular flexibility index (Phi) is 6.00. The fourth-order valence-corrected chi connectivity index (χ4v) is 3.30. The predicted molar refractivity (Wildman–Crippen MR) is 75.4 cm³/mol. The molecule has 1 aliphatic heterocycles. The number of benzene rings is 1. The van der Waals surface area contributed by atoms with Gasteiger partial charge in [-0.1, -0.05) is 18.2 Å². The number of ether oxygens (including phenoxy) is 2. The molecule has 2 rings (SSSR count). The van der Waals surface area contributed by atoms with E-state index in [1.54, 1.807) is 7.11 Å². The molecule has 0 radical (unpaired) electrons. The SMILES string of the molecule is COCCOCCNCC1Cc2ccccc2S1. The van der Waals surface area contributed by atoms with Gasteiger partial charge in [0.25, 0.3) is 0 Å². The molecule has 0 amide bonds. The van der Waals surface area contributed by atoms with Crippen molar-refractivity contribution in [1.82, 2.24) is 5.32 Å². The highest BCUT2D eigenvalue weighted by Gasteiger charge is 2.20. The fourth-order valence-electron chi connectivity index (χ4n) is 2.02. The average Bonchev–Trinajstić information content (AvgIpc) is 2.80. The molecule has 0 bridgehead atoms. The second-order valence-electron chi connectivity index (χ2n) is 4.36. The third-order valence-corrected chi connectivity index (χ3v) is 4.26. The van der Waals surface area contributed by atoms with Gasteiger partial charge in [-0.2, -0.15) is 0 Å². The van der Waals surface area contributed by atoms with Crippen molar-refractivity contribution in [2.24, 2.45) is 0 Å². The number of rotatable bonds is 8. The number of thioether (sulfide) groups is 1. The summed E-state index contributed by atoms with van der Waals surface area (Å²) < 4.78 is 10.3. The van der Waals surface area contributed by atoms with Crippen LogP contribution in [0, 0.1) is 0 Å². The zero-order valence-electron chi connectivity index (χ0n) is 10.9. The summed E-state index contributed by atoms with van der Waals surface area (Å²) in [6.07, 6.45) is 1.18. The molecule has 0 aromatic heterocycles. The molecule has 1 atom stereocenters. The van der Waals surface area contributed by atoms with Crippen molar-refractivity contribution in [1.29, 1.82) is 0 Å². The normalized spacial score (nSPS) is 17.9. The molecular weight excluding hydrogens is 246 g/mol. The Morgan fingerprint density at radius 2 is 2.17 bits per heavy atom. The zero-order valence-corrected chi connectivity index (χ0v) is 11.7.